The van der Waals surface area contributed by atoms with Crippen LogP contribution >= 0.6 is 0 Å². The Kier molecular flexibility index (Phi) is 150. The van der Waals surface area contributed by atoms with Crippen molar-refractivity contribution in [3.8, 4) is 0 Å². The molecule has 0 rings (SSSR count). The molecule has 25 valence electrons. The van der Waals surface area contributed by atoms with Crippen LogP contribution in [0.15, 0.2) is 0 Å². The Labute approximate surface area is 74.1 Å². The van der Waals surface area contributed by atoms with Gasteiger partial charge in [0.25, 0.3) is 0 Å². The molecule has 1 radical (unpaired) electrons. The first-order chi connectivity index (χ1) is 0. The average Bonchev–Trinajstić information content (AvgIpc) is 0. The zero-order valence-electron chi connectivity index (χ0n) is 1.83. The van der Waals surface area contributed by atoms with Gasteiger partial charge in [0.2, 0.25) is 0 Å². The van der Waals surface area contributed by atoms with E-state index in [0.717, 1.165) is 0 Å². The third-order valence-electron chi connectivity index (χ3n) is 0. The molecule has 0 saturated heterocycles. The van der Waals surface area contributed by atoms with Gasteiger partial charge in [0.05, 0.1) is 0 Å². The Balaban J connectivity index is 0. The fourth-order valence-electron chi connectivity index (χ4n) is 0. The number of hydrogen-bond acceptors (Lipinski definition) is 0. The van der Waals surface area contributed by atoms with Crippen LogP contribution in [0.1, 0.15) is 0 Å². The maximum atomic E-state index is 0. The summed E-state index contributed by atoms with van der Waals surface area (Å²) in [6, 6.07) is 0. The SMILES string of the molecule is [Cr].[Cu].[W].[Zn]. The average molecular weight is 365 g/mol. The van der Waals surface area contributed by atoms with E-state index in [1.165, 1.54) is 0 Å². The molecule has 0 heterocycles. The molecule has 0 atom stereocenters. The number of rotatable bonds is 0. The van der Waals surface area contributed by atoms with Crippen LogP contribution < -0.4 is 0 Å². The van der Waals surface area contributed by atoms with E-state index in [4.69, 9.17) is 0 Å². The van der Waals surface area contributed by atoms with Crippen LogP contribution in [0.4, 0.5) is 0 Å². The first kappa shape index (κ1) is 32.8. The predicted octanol–water partition coefficient (Wildman–Crippen LogP) is -0.0100. The van der Waals surface area contributed by atoms with Gasteiger partial charge in [-0.2, -0.15) is 0 Å². The summed E-state index contributed by atoms with van der Waals surface area (Å²) in [5.74, 6) is 0. The summed E-state index contributed by atoms with van der Waals surface area (Å²) >= 11 is 0. The van der Waals surface area contributed by atoms with Gasteiger partial charge in [-0.15, -0.1) is 0 Å². The minimum Gasteiger partial charge on any atom is 0 e. The van der Waals surface area contributed by atoms with E-state index in [9.17, 15) is 0 Å². The van der Waals surface area contributed by atoms with Crippen molar-refractivity contribution < 1.29 is 75.0 Å². The van der Waals surface area contributed by atoms with Gasteiger partial charge in [-0.3, -0.25) is 0 Å². The van der Waals surface area contributed by atoms with Crippen LogP contribution in [0.3, 0.4) is 0 Å². The zero-order valence-corrected chi connectivity index (χ0v) is 9.94. The first-order valence-electron chi connectivity index (χ1n) is 0. The molecule has 0 aliphatic carbocycles. The van der Waals surface area contributed by atoms with Gasteiger partial charge in [-0.05, 0) is 0 Å². The zero-order chi connectivity index (χ0) is 0. The van der Waals surface area contributed by atoms with Gasteiger partial charge in [0.1, 0.15) is 0 Å². The Morgan fingerprint density at radius 1 is 1.00 bits per heavy atom. The van der Waals surface area contributed by atoms with Crippen molar-refractivity contribution in [2.45, 2.75) is 0 Å². The van der Waals surface area contributed by atoms with Gasteiger partial charge >= 0.3 is 0 Å². The van der Waals surface area contributed by atoms with Crippen molar-refractivity contribution in [3.63, 3.8) is 0 Å². The summed E-state index contributed by atoms with van der Waals surface area (Å²) in [6.07, 6.45) is 0. The van der Waals surface area contributed by atoms with Gasteiger partial charge < -0.3 is 0 Å². The molecule has 0 aromatic carbocycles. The van der Waals surface area contributed by atoms with Crippen molar-refractivity contribution in [1.29, 1.82) is 0 Å². The van der Waals surface area contributed by atoms with Crippen LogP contribution in [-0.4, -0.2) is 0 Å². The molecular formula is CrCuWZn. The van der Waals surface area contributed by atoms with E-state index in [-0.39, 0.29) is 75.0 Å². The van der Waals surface area contributed by atoms with Crippen molar-refractivity contribution in [2.75, 3.05) is 0 Å². The monoisotopic (exact) mass is 363 g/mol. The van der Waals surface area contributed by atoms with E-state index in [1.54, 1.807) is 0 Å². The molecule has 4 heavy (non-hydrogen) atoms. The molecule has 0 unspecified atom stereocenters. The molecule has 0 fully saturated rings. The fraction of sp³-hybridized carbons (Fsp3) is 0. The second-order valence-electron chi connectivity index (χ2n) is 0. The third-order valence-corrected chi connectivity index (χ3v) is 0. The second-order valence-corrected chi connectivity index (χ2v) is 0. The Morgan fingerprint density at radius 2 is 1.00 bits per heavy atom. The first-order valence-corrected chi connectivity index (χ1v) is 0. The summed E-state index contributed by atoms with van der Waals surface area (Å²) in [4.78, 5) is 0. The Morgan fingerprint density at radius 3 is 1.00 bits per heavy atom. The molecule has 0 aromatic heterocycles. The Hall–Kier alpha value is 2.36. The van der Waals surface area contributed by atoms with E-state index < -0.39 is 0 Å². The quantitative estimate of drug-likeness (QED) is 0.531. The van der Waals surface area contributed by atoms with E-state index >= 15 is 0 Å². The number of hydrogen-bond donors (Lipinski definition) is 0. The van der Waals surface area contributed by atoms with Crippen LogP contribution in [-0.2, 0) is 75.0 Å². The van der Waals surface area contributed by atoms with E-state index in [1.807, 2.05) is 0 Å². The minimum absolute atomic E-state index is 0. The summed E-state index contributed by atoms with van der Waals surface area (Å²) in [6.45, 7) is 0. The molecule has 4 heteroatoms. The van der Waals surface area contributed by atoms with Gasteiger partial charge in [-0.25, -0.2) is 0 Å². The van der Waals surface area contributed by atoms with Crippen LogP contribution in [0.2, 0.25) is 0 Å². The molecule has 0 nitrogen and oxygen atoms in total. The van der Waals surface area contributed by atoms with Crippen molar-refractivity contribution in [1.82, 2.24) is 0 Å². The van der Waals surface area contributed by atoms with Crippen LogP contribution in [0.5, 0.6) is 0 Å². The molecule has 0 spiro atoms. The van der Waals surface area contributed by atoms with Crippen LogP contribution in [0, 0.1) is 0 Å². The smallest absolute Gasteiger partial charge is 0 e. The standard InChI is InChI=1S/Cr.Cu.W.Zn. The van der Waals surface area contributed by atoms with Gasteiger partial charge in [0.15, 0.2) is 0 Å². The fourth-order valence-corrected chi connectivity index (χ4v) is 0. The predicted molar refractivity (Wildman–Crippen MR) is 0 cm³/mol. The topological polar surface area (TPSA) is 0 Å². The van der Waals surface area contributed by atoms with E-state index in [0.29, 0.717) is 0 Å². The normalized spacial score (nSPS) is 0. The molecule has 0 saturated carbocycles. The minimum atomic E-state index is 0. The molecule has 0 aromatic rings. The van der Waals surface area contributed by atoms with Crippen molar-refractivity contribution in [2.24, 2.45) is 0 Å². The summed E-state index contributed by atoms with van der Waals surface area (Å²) in [5, 5.41) is 0. The molecule has 0 aliphatic heterocycles. The van der Waals surface area contributed by atoms with Crippen LogP contribution in [0.25, 0.3) is 0 Å². The summed E-state index contributed by atoms with van der Waals surface area (Å²) < 4.78 is 0. The molecule has 0 aliphatic rings. The largest absolute Gasteiger partial charge is 0 e. The molecule has 0 amide bonds. The third kappa shape index (κ3) is 8.84. The molecule has 0 bridgehead atoms. The second kappa shape index (κ2) is 18.3. The molecule has 0 N–H and O–H groups in total. The van der Waals surface area contributed by atoms with Crippen molar-refractivity contribution in [3.05, 3.63) is 0 Å². The summed E-state index contributed by atoms with van der Waals surface area (Å²) in [7, 11) is 0. The molecular weight excluding hydrogens is 365 g/mol. The van der Waals surface area contributed by atoms with Crippen molar-refractivity contribution >= 4 is 0 Å². The Bertz CT molecular complexity index is 8.00. The summed E-state index contributed by atoms with van der Waals surface area (Å²) in [5.41, 5.74) is 0. The maximum Gasteiger partial charge on any atom is 0 e. The van der Waals surface area contributed by atoms with Gasteiger partial charge in [-0.1, -0.05) is 0 Å². The van der Waals surface area contributed by atoms with Gasteiger partial charge in [0, 0.05) is 75.0 Å². The maximum absolute atomic E-state index is 0. The van der Waals surface area contributed by atoms with E-state index in [2.05, 4.69) is 0 Å².